The molecular formula is C7H12N4OS. The van der Waals surface area contributed by atoms with Crippen molar-refractivity contribution < 1.29 is 5.11 Å². The second-order valence-corrected chi connectivity index (χ2v) is 2.95. The SMILES string of the molecule is C.CC1=NC2=CN(S)NN2C(O)=C1. The highest BCUT2D eigenvalue weighted by Crippen LogP contribution is 2.21. The number of nitrogens with one attached hydrogen (secondary N) is 1. The maximum absolute atomic E-state index is 9.41. The number of allylic oxidation sites excluding steroid dienone is 1. The van der Waals surface area contributed by atoms with Crippen molar-refractivity contribution in [1.29, 1.82) is 0 Å². The van der Waals surface area contributed by atoms with E-state index in [-0.39, 0.29) is 13.3 Å². The van der Waals surface area contributed by atoms with Crippen LogP contribution in [0.4, 0.5) is 0 Å². The van der Waals surface area contributed by atoms with Crippen LogP contribution in [0.1, 0.15) is 14.4 Å². The molecule has 0 amide bonds. The van der Waals surface area contributed by atoms with Crippen LogP contribution < -0.4 is 5.53 Å². The highest BCUT2D eigenvalue weighted by molar-refractivity contribution is 7.77. The highest BCUT2D eigenvalue weighted by atomic mass is 32.1. The monoisotopic (exact) mass is 200 g/mol. The quantitative estimate of drug-likeness (QED) is 0.514. The molecule has 0 aromatic heterocycles. The van der Waals surface area contributed by atoms with E-state index in [1.54, 1.807) is 12.3 Å². The zero-order valence-corrected chi connectivity index (χ0v) is 7.29. The summed E-state index contributed by atoms with van der Waals surface area (Å²) >= 11 is 4.01. The number of hydrazine groups is 2. The first-order valence-electron chi connectivity index (χ1n) is 3.39. The fourth-order valence-electron chi connectivity index (χ4n) is 1.06. The maximum atomic E-state index is 9.41. The number of rotatable bonds is 0. The van der Waals surface area contributed by atoms with E-state index in [0.717, 1.165) is 5.71 Å². The van der Waals surface area contributed by atoms with E-state index in [0.29, 0.717) is 5.82 Å². The fourth-order valence-corrected chi connectivity index (χ4v) is 1.25. The third-order valence-corrected chi connectivity index (χ3v) is 1.73. The lowest BCUT2D eigenvalue weighted by Gasteiger charge is -2.21. The molecule has 5 nitrogen and oxygen atoms in total. The summed E-state index contributed by atoms with van der Waals surface area (Å²) in [6.07, 6.45) is 3.23. The van der Waals surface area contributed by atoms with E-state index >= 15 is 0 Å². The van der Waals surface area contributed by atoms with Crippen molar-refractivity contribution in [3.05, 3.63) is 24.0 Å². The van der Waals surface area contributed by atoms with E-state index in [4.69, 9.17) is 0 Å². The van der Waals surface area contributed by atoms with Gasteiger partial charge in [0.15, 0.2) is 5.82 Å². The number of hydrogen-bond acceptors (Lipinski definition) is 6. The van der Waals surface area contributed by atoms with Gasteiger partial charge in [-0.25, -0.2) is 14.4 Å². The molecule has 0 atom stereocenters. The van der Waals surface area contributed by atoms with Crippen molar-refractivity contribution >= 4 is 18.5 Å². The van der Waals surface area contributed by atoms with E-state index in [1.165, 1.54) is 9.42 Å². The van der Waals surface area contributed by atoms with Crippen LogP contribution >= 0.6 is 12.8 Å². The summed E-state index contributed by atoms with van der Waals surface area (Å²) in [5, 5.41) is 10.8. The topological polar surface area (TPSA) is 51.1 Å². The lowest BCUT2D eigenvalue weighted by atomic mass is 10.3. The van der Waals surface area contributed by atoms with Gasteiger partial charge < -0.3 is 5.11 Å². The second kappa shape index (κ2) is 3.31. The van der Waals surface area contributed by atoms with Crippen LogP contribution in [0.15, 0.2) is 29.0 Å². The fraction of sp³-hybridized carbons (Fsp3) is 0.286. The van der Waals surface area contributed by atoms with Crippen molar-refractivity contribution in [3.63, 3.8) is 0 Å². The average Bonchev–Trinajstić information content (AvgIpc) is 2.29. The zero-order valence-electron chi connectivity index (χ0n) is 6.39. The molecule has 0 aromatic rings. The molecule has 13 heavy (non-hydrogen) atoms. The van der Waals surface area contributed by atoms with Gasteiger partial charge in [-0.1, -0.05) is 7.43 Å². The Morgan fingerprint density at radius 3 is 3.00 bits per heavy atom. The minimum atomic E-state index is 0. The molecule has 0 bridgehead atoms. The highest BCUT2D eigenvalue weighted by Gasteiger charge is 2.24. The molecule has 0 spiro atoms. The lowest BCUT2D eigenvalue weighted by Crippen LogP contribution is -2.37. The summed E-state index contributed by atoms with van der Waals surface area (Å²) < 4.78 is 1.42. The smallest absolute Gasteiger partial charge is 0.211 e. The average molecular weight is 200 g/mol. The molecule has 2 heterocycles. The van der Waals surface area contributed by atoms with Crippen molar-refractivity contribution in [2.45, 2.75) is 14.4 Å². The molecule has 0 saturated carbocycles. The van der Waals surface area contributed by atoms with Gasteiger partial charge in [0.25, 0.3) is 0 Å². The Kier molecular flexibility index (Phi) is 2.53. The molecule has 0 radical (unpaired) electrons. The summed E-state index contributed by atoms with van der Waals surface area (Å²) in [4.78, 5) is 4.16. The lowest BCUT2D eigenvalue weighted by molar-refractivity contribution is 0.154. The molecule has 2 aliphatic heterocycles. The number of aliphatic hydroxyl groups excluding tert-OH is 1. The summed E-state index contributed by atoms with van der Waals surface area (Å²) in [6.45, 7) is 1.82. The maximum Gasteiger partial charge on any atom is 0.211 e. The van der Waals surface area contributed by atoms with Gasteiger partial charge >= 0.3 is 0 Å². The first-order valence-corrected chi connectivity index (χ1v) is 3.79. The predicted molar refractivity (Wildman–Crippen MR) is 54.4 cm³/mol. The van der Waals surface area contributed by atoms with E-state index in [2.05, 4.69) is 23.3 Å². The summed E-state index contributed by atoms with van der Waals surface area (Å²) in [5.74, 6) is 0.743. The second-order valence-electron chi connectivity index (χ2n) is 2.52. The van der Waals surface area contributed by atoms with Crippen molar-refractivity contribution in [3.8, 4) is 0 Å². The van der Waals surface area contributed by atoms with E-state index in [1.807, 2.05) is 6.92 Å². The van der Waals surface area contributed by atoms with Crippen LogP contribution in [0, 0.1) is 0 Å². The normalized spacial score (nSPS) is 20.0. The van der Waals surface area contributed by atoms with E-state index in [9.17, 15) is 5.11 Å². The van der Waals surface area contributed by atoms with Crippen LogP contribution in [0.25, 0.3) is 0 Å². The third-order valence-electron chi connectivity index (χ3n) is 1.53. The summed E-state index contributed by atoms with van der Waals surface area (Å²) in [7, 11) is 0. The first kappa shape index (κ1) is 9.94. The molecular weight excluding hydrogens is 188 g/mol. The third kappa shape index (κ3) is 1.63. The first-order chi connectivity index (χ1) is 5.66. The number of aliphatic hydroxyl groups is 1. The van der Waals surface area contributed by atoms with Gasteiger partial charge in [0.2, 0.25) is 5.88 Å². The van der Waals surface area contributed by atoms with Crippen LogP contribution in [0.2, 0.25) is 0 Å². The zero-order chi connectivity index (χ0) is 8.72. The number of hydrogen-bond donors (Lipinski definition) is 3. The molecule has 0 unspecified atom stereocenters. The van der Waals surface area contributed by atoms with Crippen LogP contribution in [0.3, 0.4) is 0 Å². The van der Waals surface area contributed by atoms with Crippen molar-refractivity contribution in [2.75, 3.05) is 0 Å². The molecule has 6 heteroatoms. The molecule has 0 saturated heterocycles. The van der Waals surface area contributed by atoms with Crippen LogP contribution in [-0.2, 0) is 0 Å². The Bertz CT molecular complexity index is 310. The van der Waals surface area contributed by atoms with Gasteiger partial charge in [-0.3, -0.25) is 0 Å². The number of thiol groups is 1. The minimum absolute atomic E-state index is 0. The Labute approximate surface area is 82.5 Å². The molecule has 0 aromatic carbocycles. The molecule has 2 aliphatic rings. The van der Waals surface area contributed by atoms with Crippen LogP contribution in [-0.4, -0.2) is 20.2 Å². The number of fused-ring (bicyclic) bond motifs is 1. The molecule has 2 rings (SSSR count). The predicted octanol–water partition coefficient (Wildman–Crippen LogP) is 1.18. The summed E-state index contributed by atoms with van der Waals surface area (Å²) in [5.41, 5.74) is 3.50. The van der Waals surface area contributed by atoms with Crippen molar-refractivity contribution in [2.24, 2.45) is 4.99 Å². The Morgan fingerprint density at radius 2 is 2.31 bits per heavy atom. The Hall–Kier alpha value is -1.14. The van der Waals surface area contributed by atoms with Gasteiger partial charge in [0.1, 0.15) is 0 Å². The number of nitrogens with zero attached hydrogens (tertiary/aromatic N) is 3. The molecule has 72 valence electrons. The van der Waals surface area contributed by atoms with E-state index < -0.39 is 0 Å². The molecule has 0 fully saturated rings. The minimum Gasteiger partial charge on any atom is -0.493 e. The molecule has 0 aliphatic carbocycles. The molecule has 2 N–H and O–H groups in total. The largest absolute Gasteiger partial charge is 0.493 e. The van der Waals surface area contributed by atoms with Gasteiger partial charge in [0, 0.05) is 11.8 Å². The number of aliphatic imine (C=N–C) groups is 1. The van der Waals surface area contributed by atoms with Gasteiger partial charge in [0.05, 0.1) is 6.20 Å². The van der Waals surface area contributed by atoms with Gasteiger partial charge in [-0.15, -0.1) is 5.53 Å². The summed E-state index contributed by atoms with van der Waals surface area (Å²) in [6, 6.07) is 0. The van der Waals surface area contributed by atoms with Crippen molar-refractivity contribution in [1.82, 2.24) is 15.0 Å². The van der Waals surface area contributed by atoms with Gasteiger partial charge in [-0.05, 0) is 19.7 Å². The Balaban J connectivity index is 0.000000845. The van der Waals surface area contributed by atoms with Gasteiger partial charge in [-0.2, -0.15) is 0 Å². The standard InChI is InChI=1S/C6H8N4OS.CH4/c1-4-2-6(11)10-5(7-4)3-9(12)8-10;/h2-3,8,11-12H,1H3;1H4. The Morgan fingerprint density at radius 1 is 1.62 bits per heavy atom. The van der Waals surface area contributed by atoms with Crippen LogP contribution in [0.5, 0.6) is 0 Å².